The Hall–Kier alpha value is -1.37. The van der Waals surface area contributed by atoms with E-state index < -0.39 is 17.9 Å². The summed E-state index contributed by atoms with van der Waals surface area (Å²) in [5, 5.41) is 25.4. The molecule has 0 aromatic heterocycles. The van der Waals surface area contributed by atoms with Crippen molar-refractivity contribution in [1.82, 2.24) is 0 Å². The van der Waals surface area contributed by atoms with Crippen LogP contribution in [0, 0.1) is 0 Å². The van der Waals surface area contributed by atoms with Gasteiger partial charge in [-0.05, 0) is 19.3 Å². The van der Waals surface area contributed by atoms with Crippen molar-refractivity contribution in [3.63, 3.8) is 0 Å². The first kappa shape index (κ1) is 57.4. The van der Waals surface area contributed by atoms with E-state index in [9.17, 15) is 14.4 Å². The molecule has 52 heavy (non-hydrogen) atoms. The summed E-state index contributed by atoms with van der Waals surface area (Å²) in [6.45, 7) is 8.96. The molecule has 0 heterocycles. The highest BCUT2D eigenvalue weighted by atomic mass is 28.1. The minimum absolute atomic E-state index is 0.344. The maximum atomic E-state index is 10.3. The maximum Gasteiger partial charge on any atom is 0.303 e. The molecular weight excluding hydrogens is 665 g/mol. The lowest BCUT2D eigenvalue weighted by molar-refractivity contribution is -0.138. The zero-order valence-electron chi connectivity index (χ0n) is 35.9. The van der Waals surface area contributed by atoms with E-state index in [1.807, 2.05) is 0 Å². The van der Waals surface area contributed by atoms with Gasteiger partial charge in [0.15, 0.2) is 0 Å². The molecule has 0 aliphatic carbocycles. The summed E-state index contributed by atoms with van der Waals surface area (Å²) in [6, 6.07) is 1.46. The van der Waals surface area contributed by atoms with Gasteiger partial charge in [0.05, 0.1) is 0 Å². The van der Waals surface area contributed by atoms with Gasteiger partial charge in [0.1, 0.15) is 0 Å². The van der Waals surface area contributed by atoms with Crippen molar-refractivity contribution >= 4 is 28.2 Å². The van der Waals surface area contributed by atoms with Crippen LogP contribution < -0.4 is 0 Å². The summed E-state index contributed by atoms with van der Waals surface area (Å²) in [4.78, 5) is 30.8. The van der Waals surface area contributed by atoms with Crippen LogP contribution in [0.5, 0.6) is 0 Å². The molecule has 0 aliphatic rings. The zero-order valence-corrected chi connectivity index (χ0v) is 37.9. The minimum atomic E-state index is -0.657. The third-order valence-corrected chi connectivity index (χ3v) is 10.5. The Morgan fingerprint density at radius 2 is 0.423 bits per heavy atom. The molecule has 3 N–H and O–H groups in total. The standard InChI is InChI=1S/3C14H28O2.C3H10Si/c3*1-2-3-4-5-6-7-8-9-10-11-12-13-14(15)16;1-2-3-4/h3*2-13H2,1H3,(H,15,16);2-3H2,1,4H3. The Morgan fingerprint density at radius 1 is 0.288 bits per heavy atom. The van der Waals surface area contributed by atoms with Gasteiger partial charge in [-0.3, -0.25) is 14.4 Å². The predicted molar refractivity (Wildman–Crippen MR) is 231 cm³/mol. The van der Waals surface area contributed by atoms with Crippen molar-refractivity contribution in [2.75, 3.05) is 0 Å². The van der Waals surface area contributed by atoms with Crippen LogP contribution >= 0.6 is 0 Å². The number of aliphatic carboxylic acids is 3. The molecular formula is C45H94O6Si. The van der Waals surface area contributed by atoms with Crippen LogP contribution in [0.3, 0.4) is 0 Å². The fourth-order valence-electron chi connectivity index (χ4n) is 5.82. The average molecular weight is 759 g/mol. The quantitative estimate of drug-likeness (QED) is 0.0429. The first-order valence-electron chi connectivity index (χ1n) is 22.9. The summed E-state index contributed by atoms with van der Waals surface area (Å²) in [5.41, 5.74) is 0. The summed E-state index contributed by atoms with van der Waals surface area (Å²) in [5.74, 6) is -1.97. The van der Waals surface area contributed by atoms with E-state index >= 15 is 0 Å². The van der Waals surface area contributed by atoms with Gasteiger partial charge in [0.25, 0.3) is 0 Å². The van der Waals surface area contributed by atoms with Crippen LogP contribution in [-0.4, -0.2) is 43.5 Å². The molecule has 0 saturated heterocycles. The summed E-state index contributed by atoms with van der Waals surface area (Å²) >= 11 is 0. The number of hydrogen-bond acceptors (Lipinski definition) is 3. The number of unbranched alkanes of at least 4 members (excludes halogenated alkanes) is 30. The first-order valence-corrected chi connectivity index (χ1v) is 24.3. The molecule has 0 amide bonds. The van der Waals surface area contributed by atoms with Crippen LogP contribution in [0.25, 0.3) is 0 Å². The molecule has 0 bridgehead atoms. The van der Waals surface area contributed by atoms with Crippen LogP contribution in [-0.2, 0) is 14.4 Å². The SMILES string of the molecule is CCCCCCCCCCCCCC(=O)O.CCCCCCCCCCCCCC(=O)O.CCCCCCCCCCCCCC(=O)O.CCC[SiH3]. The molecule has 6 nitrogen and oxygen atoms in total. The summed E-state index contributed by atoms with van der Waals surface area (Å²) < 4.78 is 0. The maximum absolute atomic E-state index is 10.3. The Balaban J connectivity index is -0.000000315. The number of rotatable bonds is 37. The third kappa shape index (κ3) is 73.9. The lowest BCUT2D eigenvalue weighted by Crippen LogP contribution is -1.93. The number of carboxylic acid groups (broad SMARTS) is 3. The lowest BCUT2D eigenvalue weighted by Gasteiger charge is -2.01. The van der Waals surface area contributed by atoms with Gasteiger partial charge >= 0.3 is 17.9 Å². The molecule has 0 radical (unpaired) electrons. The Bertz CT molecular complexity index is 585. The highest BCUT2D eigenvalue weighted by Gasteiger charge is 1.99. The lowest BCUT2D eigenvalue weighted by atomic mass is 10.1. The predicted octanol–water partition coefficient (Wildman–Crippen LogP) is 14.5. The van der Waals surface area contributed by atoms with E-state index in [0.717, 1.165) is 38.5 Å². The monoisotopic (exact) mass is 759 g/mol. The number of hydrogen-bond donors (Lipinski definition) is 3. The van der Waals surface area contributed by atoms with Gasteiger partial charge in [0, 0.05) is 29.5 Å². The van der Waals surface area contributed by atoms with Crippen molar-refractivity contribution in [3.05, 3.63) is 0 Å². The van der Waals surface area contributed by atoms with E-state index in [1.165, 1.54) is 196 Å². The Morgan fingerprint density at radius 3 is 0.538 bits per heavy atom. The van der Waals surface area contributed by atoms with E-state index in [0.29, 0.717) is 19.3 Å². The van der Waals surface area contributed by atoms with Crippen LogP contribution in [0.15, 0.2) is 0 Å². The molecule has 0 atom stereocenters. The molecule has 0 unspecified atom stereocenters. The van der Waals surface area contributed by atoms with Crippen LogP contribution in [0.2, 0.25) is 6.04 Å². The number of carbonyl (C=O) groups is 3. The zero-order chi connectivity index (χ0) is 39.6. The molecule has 0 fully saturated rings. The van der Waals surface area contributed by atoms with Crippen molar-refractivity contribution < 1.29 is 29.7 Å². The second kappa shape index (κ2) is 56.4. The van der Waals surface area contributed by atoms with E-state index in [1.54, 1.807) is 0 Å². The molecule has 0 aliphatic heterocycles. The van der Waals surface area contributed by atoms with Crippen molar-refractivity contribution in [2.24, 2.45) is 0 Å². The smallest absolute Gasteiger partial charge is 0.303 e. The second-order valence-electron chi connectivity index (χ2n) is 15.0. The molecule has 7 heteroatoms. The molecule has 314 valence electrons. The Labute approximate surface area is 328 Å². The highest BCUT2D eigenvalue weighted by Crippen LogP contribution is 2.14. The van der Waals surface area contributed by atoms with Crippen molar-refractivity contribution in [1.29, 1.82) is 0 Å². The third-order valence-electron chi connectivity index (χ3n) is 9.48. The summed E-state index contributed by atoms with van der Waals surface area (Å²) in [6.07, 6.45) is 44.5. The van der Waals surface area contributed by atoms with Gasteiger partial charge in [-0.2, -0.15) is 0 Å². The molecule has 0 aromatic carbocycles. The van der Waals surface area contributed by atoms with Gasteiger partial charge in [-0.15, -0.1) is 0 Å². The summed E-state index contributed by atoms with van der Waals surface area (Å²) in [7, 11) is 1.39. The minimum Gasteiger partial charge on any atom is -0.481 e. The van der Waals surface area contributed by atoms with Gasteiger partial charge in [-0.25, -0.2) is 0 Å². The average Bonchev–Trinajstić information content (AvgIpc) is 3.12. The Kier molecular flexibility index (Phi) is 62.2. The van der Waals surface area contributed by atoms with Gasteiger partial charge < -0.3 is 15.3 Å². The van der Waals surface area contributed by atoms with Gasteiger partial charge in [0.2, 0.25) is 0 Å². The van der Waals surface area contributed by atoms with Crippen molar-refractivity contribution in [3.8, 4) is 0 Å². The molecule has 0 aromatic rings. The molecule has 0 saturated carbocycles. The number of carboxylic acids is 3. The molecule has 0 spiro atoms. The van der Waals surface area contributed by atoms with Gasteiger partial charge in [-0.1, -0.05) is 233 Å². The van der Waals surface area contributed by atoms with Crippen LogP contribution in [0.1, 0.15) is 265 Å². The topological polar surface area (TPSA) is 112 Å². The van der Waals surface area contributed by atoms with E-state index in [4.69, 9.17) is 15.3 Å². The second-order valence-corrected chi connectivity index (χ2v) is 16.0. The largest absolute Gasteiger partial charge is 0.481 e. The first-order chi connectivity index (χ1) is 25.2. The highest BCUT2D eigenvalue weighted by molar-refractivity contribution is 6.08. The fraction of sp³-hybridized carbons (Fsp3) is 0.933. The molecule has 0 rings (SSSR count). The van der Waals surface area contributed by atoms with Crippen LogP contribution in [0.4, 0.5) is 0 Å². The fourth-order valence-corrected chi connectivity index (χ4v) is 5.82. The van der Waals surface area contributed by atoms with Crippen molar-refractivity contribution in [2.45, 2.75) is 271 Å². The normalized spacial score (nSPS) is 10.4. The van der Waals surface area contributed by atoms with E-state index in [-0.39, 0.29) is 0 Å². The van der Waals surface area contributed by atoms with E-state index in [2.05, 4.69) is 27.7 Å².